The minimum absolute atomic E-state index is 0.0621. The number of amides is 1. The number of carbonyl (C=O) groups excluding carboxylic acids is 1. The fourth-order valence-corrected chi connectivity index (χ4v) is 2.83. The first-order chi connectivity index (χ1) is 11.4. The van der Waals surface area contributed by atoms with Gasteiger partial charge in [-0.15, -0.1) is 0 Å². The average Bonchev–Trinajstić information content (AvgIpc) is 2.90. The topological polar surface area (TPSA) is 85.4 Å². The monoisotopic (exact) mass is 324 g/mol. The van der Waals surface area contributed by atoms with Crippen molar-refractivity contribution in [2.75, 3.05) is 5.32 Å². The molecular weight excluding hydrogens is 308 g/mol. The molecule has 2 aromatic carbocycles. The van der Waals surface area contributed by atoms with Crippen LogP contribution in [0.3, 0.4) is 0 Å². The summed E-state index contributed by atoms with van der Waals surface area (Å²) < 4.78 is 5.54. The van der Waals surface area contributed by atoms with Crippen LogP contribution in [-0.2, 0) is 11.2 Å². The van der Waals surface area contributed by atoms with Gasteiger partial charge < -0.3 is 9.73 Å². The van der Waals surface area contributed by atoms with E-state index in [0.717, 1.165) is 27.7 Å². The fraction of sp³-hybridized carbons (Fsp3) is 0.167. The number of hydrogen-bond donors (Lipinski definition) is 1. The third kappa shape index (κ3) is 3.12. The van der Waals surface area contributed by atoms with E-state index in [0.29, 0.717) is 5.69 Å². The molecule has 122 valence electrons. The number of hydrogen-bond acceptors (Lipinski definition) is 4. The molecule has 6 heteroatoms. The van der Waals surface area contributed by atoms with Gasteiger partial charge in [0.05, 0.1) is 17.6 Å². The molecule has 6 nitrogen and oxygen atoms in total. The first-order valence-corrected chi connectivity index (χ1v) is 7.45. The minimum Gasteiger partial charge on any atom is -0.464 e. The van der Waals surface area contributed by atoms with Crippen LogP contribution < -0.4 is 5.32 Å². The summed E-state index contributed by atoms with van der Waals surface area (Å²) in [6.07, 6.45) is 1.73. The Balaban J connectivity index is 1.81. The van der Waals surface area contributed by atoms with Crippen molar-refractivity contribution >= 4 is 28.3 Å². The number of nitro benzene ring substituents is 1. The van der Waals surface area contributed by atoms with Crippen LogP contribution in [0.25, 0.3) is 11.0 Å². The van der Waals surface area contributed by atoms with Gasteiger partial charge in [0, 0.05) is 28.8 Å². The second-order valence-electron chi connectivity index (χ2n) is 5.75. The number of furan rings is 1. The molecule has 1 aromatic heterocycles. The maximum Gasteiger partial charge on any atom is 0.271 e. The van der Waals surface area contributed by atoms with Crippen molar-refractivity contribution in [1.29, 1.82) is 0 Å². The standard InChI is InChI=1S/C18H16N2O4/c1-11-6-12(2)18-13(10-24-16(18)7-11)8-17(21)19-14-4-3-5-15(9-14)20(22)23/h3-7,9-10H,8H2,1-2H3,(H,19,21). The molecular formula is C18H16N2O4. The first kappa shape index (κ1) is 15.7. The zero-order valence-corrected chi connectivity index (χ0v) is 13.3. The van der Waals surface area contributed by atoms with E-state index in [1.807, 2.05) is 26.0 Å². The smallest absolute Gasteiger partial charge is 0.271 e. The molecule has 0 atom stereocenters. The molecule has 1 heterocycles. The summed E-state index contributed by atoms with van der Waals surface area (Å²) >= 11 is 0. The van der Waals surface area contributed by atoms with Gasteiger partial charge in [0.15, 0.2) is 0 Å². The van der Waals surface area contributed by atoms with Crippen LogP contribution in [0.5, 0.6) is 0 Å². The van der Waals surface area contributed by atoms with Crippen LogP contribution in [0.1, 0.15) is 16.7 Å². The normalized spacial score (nSPS) is 10.8. The van der Waals surface area contributed by atoms with Crippen LogP contribution in [0.15, 0.2) is 47.1 Å². The number of nitrogens with one attached hydrogen (secondary N) is 1. The number of nitro groups is 1. The Labute approximate surface area is 138 Å². The van der Waals surface area contributed by atoms with Crippen LogP contribution in [-0.4, -0.2) is 10.8 Å². The highest BCUT2D eigenvalue weighted by molar-refractivity contribution is 5.96. The largest absolute Gasteiger partial charge is 0.464 e. The molecule has 3 rings (SSSR count). The van der Waals surface area contributed by atoms with Crippen molar-refractivity contribution in [3.05, 3.63) is 69.5 Å². The summed E-state index contributed by atoms with van der Waals surface area (Å²) in [5, 5.41) is 14.4. The molecule has 0 fully saturated rings. The lowest BCUT2D eigenvalue weighted by molar-refractivity contribution is -0.384. The average molecular weight is 324 g/mol. The Morgan fingerprint density at radius 2 is 2.04 bits per heavy atom. The maximum atomic E-state index is 12.3. The van der Waals surface area contributed by atoms with Gasteiger partial charge in [-0.05, 0) is 37.1 Å². The number of aryl methyl sites for hydroxylation is 2. The highest BCUT2D eigenvalue weighted by Crippen LogP contribution is 2.27. The van der Waals surface area contributed by atoms with Gasteiger partial charge in [0.25, 0.3) is 5.69 Å². The molecule has 0 saturated heterocycles. The highest BCUT2D eigenvalue weighted by atomic mass is 16.6. The van der Waals surface area contributed by atoms with E-state index in [9.17, 15) is 14.9 Å². The van der Waals surface area contributed by atoms with Crippen LogP contribution in [0.4, 0.5) is 11.4 Å². The van der Waals surface area contributed by atoms with E-state index in [4.69, 9.17) is 4.42 Å². The van der Waals surface area contributed by atoms with Crippen molar-refractivity contribution in [2.45, 2.75) is 20.3 Å². The van der Waals surface area contributed by atoms with Gasteiger partial charge >= 0.3 is 0 Å². The van der Waals surface area contributed by atoms with Gasteiger partial charge in [-0.3, -0.25) is 14.9 Å². The molecule has 0 aliphatic rings. The minimum atomic E-state index is -0.495. The SMILES string of the molecule is Cc1cc(C)c2c(CC(=O)Nc3cccc([N+](=O)[O-])c3)coc2c1. The summed E-state index contributed by atoms with van der Waals surface area (Å²) in [4.78, 5) is 22.6. The third-order valence-electron chi connectivity index (χ3n) is 3.78. The number of rotatable bonds is 4. The van der Waals surface area contributed by atoms with Gasteiger partial charge in [0.2, 0.25) is 5.91 Å². The van der Waals surface area contributed by atoms with Gasteiger partial charge in [-0.2, -0.15) is 0 Å². The van der Waals surface area contributed by atoms with Crippen molar-refractivity contribution in [1.82, 2.24) is 0 Å². The number of carbonyl (C=O) groups is 1. The molecule has 0 spiro atoms. The summed E-state index contributed by atoms with van der Waals surface area (Å²) in [5.74, 6) is -0.252. The third-order valence-corrected chi connectivity index (χ3v) is 3.78. The predicted octanol–water partition coefficient (Wildman–Crippen LogP) is 4.14. The zero-order chi connectivity index (χ0) is 17.3. The first-order valence-electron chi connectivity index (χ1n) is 7.45. The number of nitrogens with zero attached hydrogens (tertiary/aromatic N) is 1. The van der Waals surface area contributed by atoms with Crippen molar-refractivity contribution in [3.8, 4) is 0 Å². The zero-order valence-electron chi connectivity index (χ0n) is 13.3. The molecule has 0 aliphatic heterocycles. The summed E-state index contributed by atoms with van der Waals surface area (Å²) in [5.41, 5.74) is 4.04. The Kier molecular flexibility index (Phi) is 4.04. The molecule has 1 N–H and O–H groups in total. The van der Waals surface area contributed by atoms with E-state index in [1.165, 1.54) is 18.2 Å². The molecule has 3 aromatic rings. The van der Waals surface area contributed by atoms with Gasteiger partial charge in [0.1, 0.15) is 5.58 Å². The summed E-state index contributed by atoms with van der Waals surface area (Å²) in [7, 11) is 0. The Hall–Kier alpha value is -3.15. The lowest BCUT2D eigenvalue weighted by Gasteiger charge is -2.05. The summed E-state index contributed by atoms with van der Waals surface area (Å²) in [6, 6.07) is 9.84. The van der Waals surface area contributed by atoms with E-state index in [1.54, 1.807) is 12.3 Å². The van der Waals surface area contributed by atoms with E-state index < -0.39 is 4.92 Å². The van der Waals surface area contributed by atoms with Crippen molar-refractivity contribution in [3.63, 3.8) is 0 Å². The Morgan fingerprint density at radius 3 is 2.79 bits per heavy atom. The molecule has 0 saturated carbocycles. The highest BCUT2D eigenvalue weighted by Gasteiger charge is 2.14. The second kappa shape index (κ2) is 6.16. The number of non-ortho nitro benzene ring substituents is 1. The van der Waals surface area contributed by atoms with Crippen LogP contribution >= 0.6 is 0 Å². The Morgan fingerprint density at radius 1 is 1.25 bits per heavy atom. The van der Waals surface area contributed by atoms with E-state index >= 15 is 0 Å². The molecule has 0 bridgehead atoms. The van der Waals surface area contributed by atoms with Gasteiger partial charge in [-0.1, -0.05) is 12.1 Å². The summed E-state index contributed by atoms with van der Waals surface area (Å²) in [6.45, 7) is 3.97. The number of fused-ring (bicyclic) bond motifs is 1. The molecule has 24 heavy (non-hydrogen) atoms. The van der Waals surface area contributed by atoms with Crippen LogP contribution in [0.2, 0.25) is 0 Å². The maximum absolute atomic E-state index is 12.3. The molecule has 0 radical (unpaired) electrons. The number of anilines is 1. The molecule has 0 unspecified atom stereocenters. The van der Waals surface area contributed by atoms with E-state index in [-0.39, 0.29) is 18.0 Å². The number of benzene rings is 2. The quantitative estimate of drug-likeness (QED) is 0.577. The lowest BCUT2D eigenvalue weighted by atomic mass is 10.0. The molecule has 1 amide bonds. The van der Waals surface area contributed by atoms with Crippen molar-refractivity contribution in [2.24, 2.45) is 0 Å². The van der Waals surface area contributed by atoms with Gasteiger partial charge in [-0.25, -0.2) is 0 Å². The Bertz CT molecular complexity index is 943. The van der Waals surface area contributed by atoms with Crippen molar-refractivity contribution < 1.29 is 14.1 Å². The lowest BCUT2D eigenvalue weighted by Crippen LogP contribution is -2.14. The predicted molar refractivity (Wildman–Crippen MR) is 91.1 cm³/mol. The molecule has 0 aliphatic carbocycles. The second-order valence-corrected chi connectivity index (χ2v) is 5.75. The van der Waals surface area contributed by atoms with Crippen LogP contribution in [0, 0.1) is 24.0 Å². The van der Waals surface area contributed by atoms with E-state index in [2.05, 4.69) is 5.32 Å². The fourth-order valence-electron chi connectivity index (χ4n) is 2.83.